The standard InChI is InChI=1S/C20H16ClN3S/c1-24-18-9-17(23)10-20(11-18)25-19-7-15(6-16(21)8-19)14-4-2-3-13(5-14)12-22/h2-11,24H,23H2,1H3. The summed E-state index contributed by atoms with van der Waals surface area (Å²) in [6.07, 6.45) is 0. The number of nitrogen functional groups attached to an aromatic ring is 1. The minimum Gasteiger partial charge on any atom is -0.399 e. The summed E-state index contributed by atoms with van der Waals surface area (Å²) in [6, 6.07) is 21.4. The molecule has 0 saturated heterocycles. The van der Waals surface area contributed by atoms with Crippen LogP contribution in [0, 0.1) is 11.3 Å². The molecule has 0 aliphatic rings. The quantitative estimate of drug-likeness (QED) is 0.586. The number of nitrogens with two attached hydrogens (primary N) is 1. The van der Waals surface area contributed by atoms with Crippen molar-refractivity contribution >= 4 is 34.7 Å². The normalized spacial score (nSPS) is 10.3. The van der Waals surface area contributed by atoms with Gasteiger partial charge in [0.25, 0.3) is 0 Å². The van der Waals surface area contributed by atoms with E-state index in [1.807, 2.05) is 55.6 Å². The van der Waals surface area contributed by atoms with Gasteiger partial charge in [-0.3, -0.25) is 0 Å². The molecule has 3 rings (SSSR count). The molecule has 0 heterocycles. The lowest BCUT2D eigenvalue weighted by Gasteiger charge is -2.10. The van der Waals surface area contributed by atoms with Crippen molar-refractivity contribution in [3.63, 3.8) is 0 Å². The van der Waals surface area contributed by atoms with Crippen molar-refractivity contribution in [3.05, 3.63) is 71.2 Å². The van der Waals surface area contributed by atoms with Gasteiger partial charge in [-0.15, -0.1) is 0 Å². The van der Waals surface area contributed by atoms with E-state index < -0.39 is 0 Å². The van der Waals surface area contributed by atoms with Crippen LogP contribution in [0.5, 0.6) is 0 Å². The first-order valence-corrected chi connectivity index (χ1v) is 8.84. The Balaban J connectivity index is 1.97. The van der Waals surface area contributed by atoms with Gasteiger partial charge in [-0.25, -0.2) is 0 Å². The lowest BCUT2D eigenvalue weighted by molar-refractivity contribution is 1.38. The molecule has 25 heavy (non-hydrogen) atoms. The van der Waals surface area contributed by atoms with E-state index in [0.29, 0.717) is 16.3 Å². The number of anilines is 2. The molecule has 0 aliphatic heterocycles. The van der Waals surface area contributed by atoms with Crippen molar-refractivity contribution in [1.82, 2.24) is 0 Å². The van der Waals surface area contributed by atoms with Gasteiger partial charge in [0.05, 0.1) is 11.6 Å². The summed E-state index contributed by atoms with van der Waals surface area (Å²) < 4.78 is 0. The Hall–Kier alpha value is -2.61. The minimum atomic E-state index is 0.626. The van der Waals surface area contributed by atoms with Crippen LogP contribution < -0.4 is 11.1 Å². The Morgan fingerprint density at radius 1 is 1.00 bits per heavy atom. The van der Waals surface area contributed by atoms with Gasteiger partial charge < -0.3 is 11.1 Å². The first kappa shape index (κ1) is 17.2. The Bertz CT molecular complexity index is 963. The summed E-state index contributed by atoms with van der Waals surface area (Å²) in [5.74, 6) is 0. The van der Waals surface area contributed by atoms with E-state index in [0.717, 1.165) is 26.6 Å². The molecule has 5 heteroatoms. The van der Waals surface area contributed by atoms with E-state index in [4.69, 9.17) is 22.6 Å². The van der Waals surface area contributed by atoms with Gasteiger partial charge in [0.1, 0.15) is 0 Å². The minimum absolute atomic E-state index is 0.626. The third kappa shape index (κ3) is 4.27. The highest BCUT2D eigenvalue weighted by molar-refractivity contribution is 7.99. The number of hydrogen-bond donors (Lipinski definition) is 2. The molecule has 0 atom stereocenters. The highest BCUT2D eigenvalue weighted by Gasteiger charge is 2.06. The summed E-state index contributed by atoms with van der Waals surface area (Å²) in [5, 5.41) is 12.8. The van der Waals surface area contributed by atoms with Crippen molar-refractivity contribution in [3.8, 4) is 17.2 Å². The Morgan fingerprint density at radius 2 is 1.80 bits per heavy atom. The van der Waals surface area contributed by atoms with Crippen LogP contribution >= 0.6 is 23.4 Å². The summed E-state index contributed by atoms with van der Waals surface area (Å²) in [7, 11) is 1.86. The number of hydrogen-bond acceptors (Lipinski definition) is 4. The van der Waals surface area contributed by atoms with E-state index >= 15 is 0 Å². The molecule has 0 bridgehead atoms. The molecule has 0 aliphatic carbocycles. The van der Waals surface area contributed by atoms with Crippen LogP contribution in [0.25, 0.3) is 11.1 Å². The molecule has 0 aromatic heterocycles. The third-order valence-electron chi connectivity index (χ3n) is 3.65. The van der Waals surface area contributed by atoms with E-state index in [2.05, 4.69) is 17.5 Å². The second-order valence-electron chi connectivity index (χ2n) is 5.51. The van der Waals surface area contributed by atoms with Gasteiger partial charge >= 0.3 is 0 Å². The first-order valence-electron chi connectivity index (χ1n) is 7.64. The van der Waals surface area contributed by atoms with Crippen molar-refractivity contribution < 1.29 is 0 Å². The predicted octanol–water partition coefficient (Wildman–Crippen LogP) is 5.65. The van der Waals surface area contributed by atoms with Crippen molar-refractivity contribution in [2.24, 2.45) is 0 Å². The van der Waals surface area contributed by atoms with Crippen molar-refractivity contribution in [1.29, 1.82) is 5.26 Å². The molecule has 3 aromatic rings. The number of nitrogens with zero attached hydrogens (tertiary/aromatic N) is 1. The molecule has 0 saturated carbocycles. The highest BCUT2D eigenvalue weighted by atomic mass is 35.5. The molecule has 0 unspecified atom stereocenters. The molecule has 0 amide bonds. The van der Waals surface area contributed by atoms with Gasteiger partial charge in [0, 0.05) is 33.2 Å². The number of halogens is 1. The number of benzene rings is 3. The molecular formula is C20H16ClN3S. The number of nitrogens with one attached hydrogen (secondary N) is 1. The zero-order valence-electron chi connectivity index (χ0n) is 13.6. The smallest absolute Gasteiger partial charge is 0.0991 e. The molecule has 124 valence electrons. The first-order chi connectivity index (χ1) is 12.1. The SMILES string of the molecule is CNc1cc(N)cc(Sc2cc(Cl)cc(-c3cccc(C#N)c3)c2)c1. The van der Waals surface area contributed by atoms with Crippen molar-refractivity contribution in [2.45, 2.75) is 9.79 Å². The third-order valence-corrected chi connectivity index (χ3v) is 4.81. The van der Waals surface area contributed by atoms with Crippen molar-refractivity contribution in [2.75, 3.05) is 18.1 Å². The fraction of sp³-hybridized carbons (Fsp3) is 0.0500. The molecular weight excluding hydrogens is 350 g/mol. The molecule has 3 N–H and O–H groups in total. The Labute approximate surface area is 156 Å². The number of nitriles is 1. The average Bonchev–Trinajstić information content (AvgIpc) is 2.60. The van der Waals surface area contributed by atoms with E-state index in [1.165, 1.54) is 0 Å². The molecule has 0 fully saturated rings. The molecule has 0 radical (unpaired) electrons. The maximum absolute atomic E-state index is 9.09. The monoisotopic (exact) mass is 365 g/mol. The zero-order valence-corrected chi connectivity index (χ0v) is 15.2. The van der Waals surface area contributed by atoms with Crippen LogP contribution in [-0.4, -0.2) is 7.05 Å². The Kier molecular flexibility index (Phi) is 5.18. The van der Waals surface area contributed by atoms with Crippen LogP contribution in [0.15, 0.2) is 70.5 Å². The van der Waals surface area contributed by atoms with E-state index in [1.54, 1.807) is 17.8 Å². The summed E-state index contributed by atoms with van der Waals surface area (Å²) in [5.41, 5.74) is 10.2. The van der Waals surface area contributed by atoms with E-state index in [-0.39, 0.29) is 0 Å². The van der Waals surface area contributed by atoms with Crippen LogP contribution in [0.4, 0.5) is 11.4 Å². The summed E-state index contributed by atoms with van der Waals surface area (Å²) in [4.78, 5) is 2.04. The maximum Gasteiger partial charge on any atom is 0.0991 e. The van der Waals surface area contributed by atoms with Gasteiger partial charge in [-0.1, -0.05) is 35.5 Å². The highest BCUT2D eigenvalue weighted by Crippen LogP contribution is 2.35. The fourth-order valence-corrected chi connectivity index (χ4v) is 3.84. The van der Waals surface area contributed by atoms with Gasteiger partial charge in [0.2, 0.25) is 0 Å². The maximum atomic E-state index is 9.09. The van der Waals surface area contributed by atoms with Crippen LogP contribution in [0.3, 0.4) is 0 Å². The van der Waals surface area contributed by atoms with Crippen LogP contribution in [0.1, 0.15) is 5.56 Å². The van der Waals surface area contributed by atoms with E-state index in [9.17, 15) is 0 Å². The lowest BCUT2D eigenvalue weighted by atomic mass is 10.0. The second kappa shape index (κ2) is 7.52. The predicted molar refractivity (Wildman–Crippen MR) is 106 cm³/mol. The van der Waals surface area contributed by atoms with Gasteiger partial charge in [0.15, 0.2) is 0 Å². The summed E-state index contributed by atoms with van der Waals surface area (Å²) in [6.45, 7) is 0. The topological polar surface area (TPSA) is 61.8 Å². The summed E-state index contributed by atoms with van der Waals surface area (Å²) >= 11 is 7.91. The van der Waals surface area contributed by atoms with Gasteiger partial charge in [-0.05, 0) is 59.7 Å². The zero-order chi connectivity index (χ0) is 17.8. The molecule has 3 nitrogen and oxygen atoms in total. The average molecular weight is 366 g/mol. The molecule has 0 spiro atoms. The second-order valence-corrected chi connectivity index (χ2v) is 7.09. The van der Waals surface area contributed by atoms with Crippen LogP contribution in [-0.2, 0) is 0 Å². The van der Waals surface area contributed by atoms with Gasteiger partial charge in [-0.2, -0.15) is 5.26 Å². The fourth-order valence-electron chi connectivity index (χ4n) is 2.52. The van der Waals surface area contributed by atoms with Crippen LogP contribution in [0.2, 0.25) is 5.02 Å². The largest absolute Gasteiger partial charge is 0.399 e. The Morgan fingerprint density at radius 3 is 2.56 bits per heavy atom. The lowest BCUT2D eigenvalue weighted by Crippen LogP contribution is -1.92. The molecule has 3 aromatic carbocycles. The number of rotatable bonds is 4.